The van der Waals surface area contributed by atoms with E-state index >= 15 is 0 Å². The van der Waals surface area contributed by atoms with Crippen LogP contribution >= 0.6 is 11.3 Å². The highest BCUT2D eigenvalue weighted by atomic mass is 32.1. The van der Waals surface area contributed by atoms with Gasteiger partial charge in [-0.05, 0) is 76.3 Å². The van der Waals surface area contributed by atoms with Crippen LogP contribution in [0.2, 0.25) is 0 Å². The molecule has 0 spiro atoms. The normalized spacial score (nSPS) is 11.1. The van der Waals surface area contributed by atoms with Gasteiger partial charge < -0.3 is 4.42 Å². The van der Waals surface area contributed by atoms with Crippen LogP contribution in [0.1, 0.15) is 11.1 Å². The Balaban J connectivity index is 1.26. The van der Waals surface area contributed by atoms with E-state index in [4.69, 9.17) is 9.40 Å². The lowest BCUT2D eigenvalue weighted by molar-refractivity contribution is 0.670. The van der Waals surface area contributed by atoms with Gasteiger partial charge in [0.1, 0.15) is 28.3 Å². The summed E-state index contributed by atoms with van der Waals surface area (Å²) in [6, 6.07) is 47.2. The summed E-state index contributed by atoms with van der Waals surface area (Å²) < 4.78 is 7.42. The molecule has 6 aromatic carbocycles. The number of para-hydroxylation sites is 3. The van der Waals surface area contributed by atoms with E-state index in [2.05, 4.69) is 84.9 Å². The van der Waals surface area contributed by atoms with Crippen molar-refractivity contribution in [3.8, 4) is 56.1 Å². The first-order valence-corrected chi connectivity index (χ1v) is 15.0. The monoisotopic (exact) mass is 579 g/mol. The average molecular weight is 580 g/mol. The fourth-order valence-electron chi connectivity index (χ4n) is 5.81. The summed E-state index contributed by atoms with van der Waals surface area (Å²) in [7, 11) is 0. The molecule has 0 saturated heterocycles. The number of benzene rings is 6. The second-order valence-electron chi connectivity index (χ2n) is 10.6. The van der Waals surface area contributed by atoms with Gasteiger partial charge in [-0.15, -0.1) is 11.3 Å². The minimum atomic E-state index is 0.362. The molecule has 0 fully saturated rings. The molecule has 2 heterocycles. The first-order chi connectivity index (χ1) is 21.7. The molecule has 8 rings (SSSR count). The lowest BCUT2D eigenvalue weighted by atomic mass is 9.93. The highest BCUT2D eigenvalue weighted by Gasteiger charge is 2.15. The molecule has 0 bridgehead atoms. The Morgan fingerprint density at radius 3 is 2.05 bits per heavy atom. The molecule has 44 heavy (non-hydrogen) atoms. The Hall–Kier alpha value is -6.01. The highest BCUT2D eigenvalue weighted by Crippen LogP contribution is 2.39. The van der Waals surface area contributed by atoms with Gasteiger partial charge in [0.2, 0.25) is 0 Å². The zero-order valence-electron chi connectivity index (χ0n) is 23.3. The summed E-state index contributed by atoms with van der Waals surface area (Å²) in [6.07, 6.45) is 0. The molecule has 0 radical (unpaired) electrons. The minimum Gasteiger partial charge on any atom is -0.455 e. The zero-order chi connectivity index (χ0) is 29.6. The van der Waals surface area contributed by atoms with Crippen LogP contribution in [0.4, 0.5) is 0 Å². The van der Waals surface area contributed by atoms with Crippen molar-refractivity contribution >= 4 is 43.5 Å². The Bertz CT molecular complexity index is 2440. The molecule has 4 nitrogen and oxygen atoms in total. The van der Waals surface area contributed by atoms with Crippen molar-refractivity contribution in [2.75, 3.05) is 0 Å². The first kappa shape index (κ1) is 25.7. The number of nitrogens with zero attached hydrogens (tertiary/aromatic N) is 3. The SMILES string of the molecule is N#Cc1ccc(-c2cc(-c3ccc(-c4cccc5c4oc4ccccc45)cc3)cc(-c3nc4ccccc4s3)c2)cc1C#N. The molecular weight excluding hydrogens is 559 g/mol. The van der Waals surface area contributed by atoms with E-state index in [1.807, 2.05) is 42.5 Å². The number of thiazole rings is 1. The van der Waals surface area contributed by atoms with Crippen molar-refractivity contribution in [1.29, 1.82) is 10.5 Å². The molecular formula is C39H21N3OS. The molecule has 0 unspecified atom stereocenters. The molecule has 204 valence electrons. The standard InChI is InChI=1S/C39H21N3OS/c40-22-27-17-16-26(18-31(27)23-41)29-19-28(20-30(21-29)39-42-35-9-2-4-11-37(35)44-39)24-12-14-25(15-13-24)32-7-5-8-34-33-6-1-3-10-36(33)43-38(32)34/h1-21H. The number of nitriles is 2. The van der Waals surface area contributed by atoms with E-state index in [9.17, 15) is 10.5 Å². The minimum absolute atomic E-state index is 0.362. The van der Waals surface area contributed by atoms with Crippen molar-refractivity contribution < 1.29 is 4.42 Å². The molecule has 0 saturated carbocycles. The molecule has 0 N–H and O–H groups in total. The highest BCUT2D eigenvalue weighted by molar-refractivity contribution is 7.21. The fourth-order valence-corrected chi connectivity index (χ4v) is 6.76. The summed E-state index contributed by atoms with van der Waals surface area (Å²) >= 11 is 1.66. The number of aromatic nitrogens is 1. The van der Waals surface area contributed by atoms with E-state index in [1.54, 1.807) is 23.5 Å². The van der Waals surface area contributed by atoms with Crippen molar-refractivity contribution in [3.05, 3.63) is 139 Å². The van der Waals surface area contributed by atoms with Gasteiger partial charge in [-0.1, -0.05) is 78.9 Å². The van der Waals surface area contributed by atoms with E-state index < -0.39 is 0 Å². The molecule has 0 aliphatic rings. The Labute approximate surface area is 257 Å². The molecule has 5 heteroatoms. The van der Waals surface area contributed by atoms with Crippen molar-refractivity contribution in [2.24, 2.45) is 0 Å². The van der Waals surface area contributed by atoms with Gasteiger partial charge in [0.05, 0.1) is 21.3 Å². The maximum absolute atomic E-state index is 9.68. The van der Waals surface area contributed by atoms with Crippen LogP contribution in [-0.2, 0) is 0 Å². The largest absolute Gasteiger partial charge is 0.455 e. The molecule has 0 atom stereocenters. The van der Waals surface area contributed by atoms with Crippen LogP contribution in [0.15, 0.2) is 132 Å². The lowest BCUT2D eigenvalue weighted by Gasteiger charge is -2.11. The Morgan fingerprint density at radius 1 is 0.545 bits per heavy atom. The first-order valence-electron chi connectivity index (χ1n) is 14.2. The third-order valence-electron chi connectivity index (χ3n) is 8.00. The third-order valence-corrected chi connectivity index (χ3v) is 9.09. The predicted octanol–water partition coefficient (Wildman–Crippen LogP) is 10.6. The van der Waals surface area contributed by atoms with Gasteiger partial charge in [0, 0.05) is 21.9 Å². The Morgan fingerprint density at radius 2 is 1.23 bits per heavy atom. The number of furan rings is 1. The predicted molar refractivity (Wildman–Crippen MR) is 178 cm³/mol. The van der Waals surface area contributed by atoms with Crippen molar-refractivity contribution in [3.63, 3.8) is 0 Å². The summed E-state index contributed by atoms with van der Waals surface area (Å²) in [5.74, 6) is 0. The van der Waals surface area contributed by atoms with Crippen molar-refractivity contribution in [2.45, 2.75) is 0 Å². The molecule has 2 aromatic heterocycles. The summed E-state index contributed by atoms with van der Waals surface area (Å²) in [6.45, 7) is 0. The van der Waals surface area contributed by atoms with Gasteiger partial charge >= 0.3 is 0 Å². The maximum atomic E-state index is 9.68. The van der Waals surface area contributed by atoms with Crippen LogP contribution in [0.3, 0.4) is 0 Å². The van der Waals surface area contributed by atoms with Crippen LogP contribution in [-0.4, -0.2) is 4.98 Å². The molecule has 0 amide bonds. The van der Waals surface area contributed by atoms with Crippen LogP contribution in [0.5, 0.6) is 0 Å². The fraction of sp³-hybridized carbons (Fsp3) is 0. The quantitative estimate of drug-likeness (QED) is 0.208. The summed E-state index contributed by atoms with van der Waals surface area (Å²) in [5, 5.41) is 22.3. The second-order valence-corrected chi connectivity index (χ2v) is 11.7. The zero-order valence-corrected chi connectivity index (χ0v) is 24.1. The van der Waals surface area contributed by atoms with Gasteiger partial charge in [0.25, 0.3) is 0 Å². The second kappa shape index (κ2) is 10.4. The van der Waals surface area contributed by atoms with Crippen LogP contribution < -0.4 is 0 Å². The van der Waals surface area contributed by atoms with Crippen LogP contribution in [0.25, 0.3) is 76.1 Å². The molecule has 0 aliphatic heterocycles. The van der Waals surface area contributed by atoms with E-state index in [-0.39, 0.29) is 0 Å². The van der Waals surface area contributed by atoms with Gasteiger partial charge in [-0.2, -0.15) is 10.5 Å². The van der Waals surface area contributed by atoms with Crippen LogP contribution in [0, 0.1) is 22.7 Å². The Kier molecular flexibility index (Phi) is 6.05. The molecule has 0 aliphatic carbocycles. The van der Waals surface area contributed by atoms with Gasteiger partial charge in [0.15, 0.2) is 0 Å². The summed E-state index contributed by atoms with van der Waals surface area (Å²) in [4.78, 5) is 4.93. The average Bonchev–Trinajstić information content (AvgIpc) is 3.70. The maximum Gasteiger partial charge on any atom is 0.143 e. The third kappa shape index (κ3) is 4.32. The van der Waals surface area contributed by atoms with E-state index in [0.717, 1.165) is 76.1 Å². The van der Waals surface area contributed by atoms with Gasteiger partial charge in [-0.3, -0.25) is 0 Å². The number of fused-ring (bicyclic) bond motifs is 4. The molecule has 8 aromatic rings. The van der Waals surface area contributed by atoms with Gasteiger partial charge in [-0.25, -0.2) is 4.98 Å². The van der Waals surface area contributed by atoms with E-state index in [0.29, 0.717) is 11.1 Å². The summed E-state index contributed by atoms with van der Waals surface area (Å²) in [5.41, 5.74) is 10.5. The number of hydrogen-bond donors (Lipinski definition) is 0. The number of rotatable bonds is 4. The number of hydrogen-bond acceptors (Lipinski definition) is 5. The van der Waals surface area contributed by atoms with E-state index in [1.165, 1.54) is 0 Å². The lowest BCUT2D eigenvalue weighted by Crippen LogP contribution is -1.89. The smallest absolute Gasteiger partial charge is 0.143 e. The van der Waals surface area contributed by atoms with Crippen molar-refractivity contribution in [1.82, 2.24) is 4.98 Å². The topological polar surface area (TPSA) is 73.6 Å².